The van der Waals surface area contributed by atoms with E-state index in [1.165, 1.54) is 50.1 Å². The molecule has 1 aliphatic heterocycles. The highest BCUT2D eigenvalue weighted by molar-refractivity contribution is 8.14. The van der Waals surface area contributed by atoms with Crippen molar-refractivity contribution in [3.05, 3.63) is 47.9 Å². The molecule has 0 radical (unpaired) electrons. The van der Waals surface area contributed by atoms with E-state index in [-0.39, 0.29) is 23.3 Å². The number of furan rings is 1. The summed E-state index contributed by atoms with van der Waals surface area (Å²) in [7, 11) is 1.44. The molecule has 1 unspecified atom stereocenters. The Labute approximate surface area is 164 Å². The maximum Gasteiger partial charge on any atom is 0.379 e. The minimum Gasteiger partial charge on any atom is -0.493 e. The highest BCUT2D eigenvalue weighted by Gasteiger charge is 2.33. The SMILES string of the molecule is COc1cc(C2SC(NC(C)=O)=NN2C(C)=O)ccc1OC(=O)c1ccco1. The van der Waals surface area contributed by atoms with Crippen molar-refractivity contribution in [2.75, 3.05) is 7.11 Å². The van der Waals surface area contributed by atoms with Gasteiger partial charge in [-0.25, -0.2) is 9.80 Å². The van der Waals surface area contributed by atoms with E-state index in [9.17, 15) is 14.4 Å². The molecule has 1 aromatic carbocycles. The summed E-state index contributed by atoms with van der Waals surface area (Å²) in [5.41, 5.74) is 0.680. The molecule has 10 heteroatoms. The molecule has 0 saturated carbocycles. The number of amidine groups is 1. The number of rotatable bonds is 4. The van der Waals surface area contributed by atoms with Crippen LogP contribution in [0, 0.1) is 0 Å². The number of ether oxygens (including phenoxy) is 2. The molecule has 3 rings (SSSR count). The molecule has 1 aromatic heterocycles. The predicted octanol–water partition coefficient (Wildman–Crippen LogP) is 2.51. The zero-order chi connectivity index (χ0) is 20.3. The highest BCUT2D eigenvalue weighted by Crippen LogP contribution is 2.41. The molecule has 146 valence electrons. The van der Waals surface area contributed by atoms with Crippen LogP contribution in [0.25, 0.3) is 0 Å². The second-order valence-corrected chi connectivity index (χ2v) is 6.77. The number of hydrogen-bond acceptors (Lipinski definition) is 8. The van der Waals surface area contributed by atoms with E-state index < -0.39 is 11.3 Å². The summed E-state index contributed by atoms with van der Waals surface area (Å²) in [6.45, 7) is 2.74. The third kappa shape index (κ3) is 4.17. The van der Waals surface area contributed by atoms with Gasteiger partial charge in [0.05, 0.1) is 13.4 Å². The van der Waals surface area contributed by atoms with Crippen LogP contribution in [0.15, 0.2) is 46.1 Å². The van der Waals surface area contributed by atoms with Gasteiger partial charge in [0.2, 0.25) is 17.6 Å². The number of hydrazone groups is 1. The Hall–Kier alpha value is -3.27. The second kappa shape index (κ2) is 8.17. The van der Waals surface area contributed by atoms with Crippen LogP contribution in [0.1, 0.15) is 35.3 Å². The fourth-order valence-corrected chi connectivity index (χ4v) is 3.57. The van der Waals surface area contributed by atoms with Gasteiger partial charge in [0.15, 0.2) is 16.7 Å². The normalized spacial score (nSPS) is 15.8. The van der Waals surface area contributed by atoms with E-state index in [2.05, 4.69) is 10.4 Å². The molecule has 0 bridgehead atoms. The summed E-state index contributed by atoms with van der Waals surface area (Å²) in [5, 5.41) is 7.80. The number of thioether (sulfide) groups is 1. The fourth-order valence-electron chi connectivity index (χ4n) is 2.45. The monoisotopic (exact) mass is 403 g/mol. The summed E-state index contributed by atoms with van der Waals surface area (Å²) in [6.07, 6.45) is 1.37. The van der Waals surface area contributed by atoms with Gasteiger partial charge in [-0.3, -0.25) is 9.59 Å². The van der Waals surface area contributed by atoms with Crippen molar-refractivity contribution in [1.29, 1.82) is 0 Å². The topological polar surface area (TPSA) is 110 Å². The Morgan fingerprint density at radius 3 is 2.61 bits per heavy atom. The van der Waals surface area contributed by atoms with Crippen LogP contribution in [0.2, 0.25) is 0 Å². The van der Waals surface area contributed by atoms with Crippen LogP contribution in [0.4, 0.5) is 0 Å². The van der Waals surface area contributed by atoms with Gasteiger partial charge in [-0.2, -0.15) is 0 Å². The van der Waals surface area contributed by atoms with E-state index in [1.54, 1.807) is 24.3 Å². The molecule has 2 aromatic rings. The van der Waals surface area contributed by atoms with Gasteiger partial charge in [-0.1, -0.05) is 17.8 Å². The van der Waals surface area contributed by atoms with Crippen molar-refractivity contribution < 1.29 is 28.3 Å². The number of esters is 1. The number of nitrogens with one attached hydrogen (secondary N) is 1. The lowest BCUT2D eigenvalue weighted by atomic mass is 10.2. The molecule has 28 heavy (non-hydrogen) atoms. The number of benzene rings is 1. The van der Waals surface area contributed by atoms with E-state index in [0.717, 1.165) is 0 Å². The van der Waals surface area contributed by atoms with Crippen LogP contribution in [0.5, 0.6) is 11.5 Å². The molecule has 2 heterocycles. The van der Waals surface area contributed by atoms with E-state index in [0.29, 0.717) is 16.5 Å². The molecule has 1 atom stereocenters. The highest BCUT2D eigenvalue weighted by atomic mass is 32.2. The van der Waals surface area contributed by atoms with Crippen molar-refractivity contribution >= 4 is 34.7 Å². The van der Waals surface area contributed by atoms with Crippen LogP contribution < -0.4 is 14.8 Å². The minimum atomic E-state index is -0.659. The lowest BCUT2D eigenvalue weighted by molar-refractivity contribution is -0.129. The Bertz CT molecular complexity index is 941. The zero-order valence-electron chi connectivity index (χ0n) is 15.3. The third-order valence-corrected chi connectivity index (χ3v) is 4.75. The fraction of sp³-hybridized carbons (Fsp3) is 0.222. The number of amides is 2. The average Bonchev–Trinajstić information content (AvgIpc) is 3.31. The van der Waals surface area contributed by atoms with Crippen molar-refractivity contribution in [1.82, 2.24) is 10.3 Å². The van der Waals surface area contributed by atoms with Crippen LogP contribution >= 0.6 is 11.8 Å². The Morgan fingerprint density at radius 1 is 1.21 bits per heavy atom. The van der Waals surface area contributed by atoms with Gasteiger partial charge < -0.3 is 19.2 Å². The van der Waals surface area contributed by atoms with Crippen molar-refractivity contribution in [3.8, 4) is 11.5 Å². The van der Waals surface area contributed by atoms with E-state index in [1.807, 2.05) is 0 Å². The number of hydrogen-bond donors (Lipinski definition) is 1. The summed E-state index contributed by atoms with van der Waals surface area (Å²) in [5.74, 6) is -0.665. The molecule has 0 aliphatic carbocycles. The third-order valence-electron chi connectivity index (χ3n) is 3.65. The summed E-state index contributed by atoms with van der Waals surface area (Å²) < 4.78 is 15.7. The number of methoxy groups -OCH3 is 1. The van der Waals surface area contributed by atoms with Crippen molar-refractivity contribution in [3.63, 3.8) is 0 Å². The molecule has 0 fully saturated rings. The standard InChI is InChI=1S/C18H17N3O6S/c1-10(22)19-18-20-21(11(2)23)16(28-18)12-6-7-13(15(9-12)25-3)27-17(24)14-5-4-8-26-14/h4-9,16H,1-3H3,(H,19,20,22). The lowest BCUT2D eigenvalue weighted by Gasteiger charge is -2.20. The van der Waals surface area contributed by atoms with Gasteiger partial charge in [0.25, 0.3) is 0 Å². The first-order valence-corrected chi connectivity index (χ1v) is 9.03. The first kappa shape index (κ1) is 19.5. The molecule has 0 spiro atoms. The smallest absolute Gasteiger partial charge is 0.379 e. The molecular weight excluding hydrogens is 386 g/mol. The van der Waals surface area contributed by atoms with E-state index in [4.69, 9.17) is 13.9 Å². The molecule has 1 aliphatic rings. The van der Waals surface area contributed by atoms with Crippen LogP contribution in [-0.4, -0.2) is 35.1 Å². The van der Waals surface area contributed by atoms with Gasteiger partial charge >= 0.3 is 5.97 Å². The first-order valence-electron chi connectivity index (χ1n) is 8.15. The first-order chi connectivity index (χ1) is 13.4. The summed E-state index contributed by atoms with van der Waals surface area (Å²) in [6, 6.07) is 7.96. The molecule has 9 nitrogen and oxygen atoms in total. The Balaban J connectivity index is 1.84. The van der Waals surface area contributed by atoms with Gasteiger partial charge in [0, 0.05) is 13.8 Å². The Morgan fingerprint density at radius 2 is 2.00 bits per heavy atom. The summed E-state index contributed by atoms with van der Waals surface area (Å²) >= 11 is 1.21. The number of nitrogens with zero attached hydrogens (tertiary/aromatic N) is 2. The number of carbonyl (C=O) groups is 3. The number of carbonyl (C=O) groups excluding carboxylic acids is 3. The van der Waals surface area contributed by atoms with Gasteiger partial charge in [-0.05, 0) is 29.8 Å². The summed E-state index contributed by atoms with van der Waals surface area (Å²) in [4.78, 5) is 35.3. The zero-order valence-corrected chi connectivity index (χ0v) is 16.1. The van der Waals surface area contributed by atoms with Crippen LogP contribution in [0.3, 0.4) is 0 Å². The molecule has 1 N–H and O–H groups in total. The maximum atomic E-state index is 12.1. The van der Waals surface area contributed by atoms with Gasteiger partial charge in [0.1, 0.15) is 5.37 Å². The molecule has 2 amide bonds. The van der Waals surface area contributed by atoms with Crippen LogP contribution in [-0.2, 0) is 9.59 Å². The van der Waals surface area contributed by atoms with Crippen molar-refractivity contribution in [2.45, 2.75) is 19.2 Å². The average molecular weight is 403 g/mol. The van der Waals surface area contributed by atoms with E-state index >= 15 is 0 Å². The molecule has 0 saturated heterocycles. The second-order valence-electron chi connectivity index (χ2n) is 5.70. The quantitative estimate of drug-likeness (QED) is 0.617. The largest absolute Gasteiger partial charge is 0.493 e. The molecular formula is C18H17N3O6S. The predicted molar refractivity (Wildman–Crippen MR) is 101 cm³/mol. The van der Waals surface area contributed by atoms with Gasteiger partial charge in [-0.15, -0.1) is 5.10 Å². The van der Waals surface area contributed by atoms with Crippen molar-refractivity contribution in [2.24, 2.45) is 5.10 Å². The Kier molecular flexibility index (Phi) is 5.69. The minimum absolute atomic E-state index is 0.0635. The maximum absolute atomic E-state index is 12.1. The lowest BCUT2D eigenvalue weighted by Crippen LogP contribution is -2.25.